The zero-order valence-electron chi connectivity index (χ0n) is 7.41. The van der Waals surface area contributed by atoms with E-state index in [1.165, 1.54) is 0 Å². The minimum absolute atomic E-state index is 0.170. The molecule has 0 unspecified atom stereocenters. The van der Waals surface area contributed by atoms with Crippen molar-refractivity contribution in [1.29, 1.82) is 0 Å². The Kier molecular flexibility index (Phi) is 4.48. The summed E-state index contributed by atoms with van der Waals surface area (Å²) in [5.41, 5.74) is 0. The predicted octanol–water partition coefficient (Wildman–Crippen LogP) is 4.08. The van der Waals surface area contributed by atoms with Gasteiger partial charge >= 0.3 is 12.4 Å². The fraction of sp³-hybridized carbons (Fsp3) is 0.750. The lowest BCUT2D eigenvalue weighted by Gasteiger charge is -2.19. The van der Waals surface area contributed by atoms with Crippen LogP contribution in [0, 0.1) is 5.92 Å². The van der Waals surface area contributed by atoms with E-state index in [0.717, 1.165) is 6.08 Å². The highest BCUT2D eigenvalue weighted by atomic mass is 19.4. The SMILES string of the molecule is CCC/C=C/C(C(F)(F)F)C(F)(F)F. The largest absolute Gasteiger partial charge is 0.403 e. The van der Waals surface area contributed by atoms with E-state index in [0.29, 0.717) is 6.42 Å². The van der Waals surface area contributed by atoms with Gasteiger partial charge in [0, 0.05) is 0 Å². The number of halogens is 6. The van der Waals surface area contributed by atoms with E-state index >= 15 is 0 Å². The van der Waals surface area contributed by atoms with Crippen molar-refractivity contribution in [2.75, 3.05) is 0 Å². The molecule has 0 saturated carbocycles. The maximum Gasteiger partial charge on any atom is 0.403 e. The molecule has 0 aromatic rings. The zero-order valence-corrected chi connectivity index (χ0v) is 7.41. The minimum atomic E-state index is -5.26. The standard InChI is InChI=1S/C8H10F6/c1-2-3-4-5-6(7(9,10)11)8(12,13)14/h4-6H,2-3H2,1H3/b5-4+. The Morgan fingerprint density at radius 3 is 1.71 bits per heavy atom. The molecule has 0 rings (SSSR count). The van der Waals surface area contributed by atoms with Crippen molar-refractivity contribution in [1.82, 2.24) is 0 Å². The quantitative estimate of drug-likeness (QED) is 0.496. The summed E-state index contributed by atoms with van der Waals surface area (Å²) in [7, 11) is 0. The molecule has 0 nitrogen and oxygen atoms in total. The second kappa shape index (κ2) is 4.70. The van der Waals surface area contributed by atoms with Crippen LogP contribution in [0.3, 0.4) is 0 Å². The van der Waals surface area contributed by atoms with E-state index in [-0.39, 0.29) is 12.5 Å². The Bertz CT molecular complexity index is 173. The molecule has 14 heavy (non-hydrogen) atoms. The monoisotopic (exact) mass is 220 g/mol. The van der Waals surface area contributed by atoms with Crippen LogP contribution in [-0.4, -0.2) is 12.4 Å². The molecular weight excluding hydrogens is 210 g/mol. The van der Waals surface area contributed by atoms with Crippen LogP contribution in [-0.2, 0) is 0 Å². The molecule has 0 atom stereocenters. The summed E-state index contributed by atoms with van der Waals surface area (Å²) in [6.45, 7) is 1.67. The Morgan fingerprint density at radius 2 is 1.43 bits per heavy atom. The molecule has 6 heteroatoms. The molecule has 0 aliphatic carbocycles. The number of hydrogen-bond acceptors (Lipinski definition) is 0. The molecule has 0 amide bonds. The lowest BCUT2D eigenvalue weighted by Crippen LogP contribution is -2.34. The highest BCUT2D eigenvalue weighted by Gasteiger charge is 2.54. The number of rotatable bonds is 3. The van der Waals surface area contributed by atoms with Gasteiger partial charge in [-0.15, -0.1) is 0 Å². The Balaban J connectivity index is 4.59. The number of unbranched alkanes of at least 4 members (excludes halogenated alkanes) is 1. The van der Waals surface area contributed by atoms with Crippen LogP contribution in [0.25, 0.3) is 0 Å². The first-order valence-electron chi connectivity index (χ1n) is 3.99. The molecule has 0 saturated heterocycles. The van der Waals surface area contributed by atoms with E-state index in [2.05, 4.69) is 0 Å². The van der Waals surface area contributed by atoms with Gasteiger partial charge in [-0.05, 0) is 6.42 Å². The van der Waals surface area contributed by atoms with E-state index in [1.54, 1.807) is 6.92 Å². The molecule has 0 aromatic heterocycles. The van der Waals surface area contributed by atoms with Crippen LogP contribution in [0.1, 0.15) is 19.8 Å². The lowest BCUT2D eigenvalue weighted by atomic mass is 10.1. The molecule has 0 aliphatic heterocycles. The number of allylic oxidation sites excluding steroid dienone is 2. The van der Waals surface area contributed by atoms with E-state index in [1.807, 2.05) is 0 Å². The predicted molar refractivity (Wildman–Crippen MR) is 39.6 cm³/mol. The summed E-state index contributed by atoms with van der Waals surface area (Å²) in [5, 5.41) is 0. The van der Waals surface area contributed by atoms with Gasteiger partial charge in [-0.2, -0.15) is 26.3 Å². The molecule has 0 aliphatic rings. The first-order chi connectivity index (χ1) is 6.19. The Hall–Kier alpha value is -0.680. The third-order valence-corrected chi connectivity index (χ3v) is 1.49. The van der Waals surface area contributed by atoms with Crippen molar-refractivity contribution >= 4 is 0 Å². The average molecular weight is 220 g/mol. The van der Waals surface area contributed by atoms with Crippen LogP contribution in [0.5, 0.6) is 0 Å². The second-order valence-electron chi connectivity index (χ2n) is 2.78. The highest BCUT2D eigenvalue weighted by molar-refractivity contribution is 4.95. The topological polar surface area (TPSA) is 0 Å². The summed E-state index contributed by atoms with van der Waals surface area (Å²) < 4.78 is 71.2. The zero-order chi connectivity index (χ0) is 11.4. The Morgan fingerprint density at radius 1 is 1.00 bits per heavy atom. The van der Waals surface area contributed by atoms with Crippen LogP contribution < -0.4 is 0 Å². The normalized spacial score (nSPS) is 14.3. The van der Waals surface area contributed by atoms with Gasteiger partial charge in [-0.1, -0.05) is 25.5 Å². The lowest BCUT2D eigenvalue weighted by molar-refractivity contribution is -0.267. The van der Waals surface area contributed by atoms with Crippen LogP contribution in [0.2, 0.25) is 0 Å². The van der Waals surface area contributed by atoms with Gasteiger partial charge in [-0.25, -0.2) is 0 Å². The fourth-order valence-electron chi connectivity index (χ4n) is 0.803. The summed E-state index contributed by atoms with van der Waals surface area (Å²) >= 11 is 0. The molecule has 0 aromatic carbocycles. The van der Waals surface area contributed by atoms with Gasteiger partial charge in [0.1, 0.15) is 0 Å². The van der Waals surface area contributed by atoms with Gasteiger partial charge in [0.25, 0.3) is 0 Å². The molecule has 0 heterocycles. The maximum absolute atomic E-state index is 11.9. The first kappa shape index (κ1) is 13.3. The highest BCUT2D eigenvalue weighted by Crippen LogP contribution is 2.40. The van der Waals surface area contributed by atoms with Crippen molar-refractivity contribution < 1.29 is 26.3 Å². The second-order valence-corrected chi connectivity index (χ2v) is 2.78. The third-order valence-electron chi connectivity index (χ3n) is 1.49. The third kappa shape index (κ3) is 4.53. The van der Waals surface area contributed by atoms with Crippen molar-refractivity contribution in [3.05, 3.63) is 12.2 Å². The van der Waals surface area contributed by atoms with Gasteiger partial charge in [0.05, 0.1) is 0 Å². The number of alkyl halides is 6. The summed E-state index contributed by atoms with van der Waals surface area (Å²) in [6.07, 6.45) is -8.72. The minimum Gasteiger partial charge on any atom is -0.170 e. The summed E-state index contributed by atoms with van der Waals surface area (Å²) in [4.78, 5) is 0. The molecular formula is C8H10F6. The molecule has 0 bridgehead atoms. The molecule has 0 spiro atoms. The average Bonchev–Trinajstić information content (AvgIpc) is 1.92. The molecule has 84 valence electrons. The molecule has 0 fully saturated rings. The van der Waals surface area contributed by atoms with Gasteiger partial charge < -0.3 is 0 Å². The Labute approximate surface area is 77.6 Å². The first-order valence-corrected chi connectivity index (χ1v) is 3.99. The van der Waals surface area contributed by atoms with Crippen molar-refractivity contribution in [2.45, 2.75) is 32.1 Å². The van der Waals surface area contributed by atoms with E-state index in [4.69, 9.17) is 0 Å². The van der Waals surface area contributed by atoms with E-state index < -0.39 is 18.3 Å². The number of hydrogen-bond donors (Lipinski definition) is 0. The van der Waals surface area contributed by atoms with E-state index in [9.17, 15) is 26.3 Å². The summed E-state index contributed by atoms with van der Waals surface area (Å²) in [6, 6.07) is 0. The van der Waals surface area contributed by atoms with Gasteiger partial charge in [0.2, 0.25) is 0 Å². The van der Waals surface area contributed by atoms with Gasteiger partial charge in [0.15, 0.2) is 5.92 Å². The molecule has 0 radical (unpaired) electrons. The van der Waals surface area contributed by atoms with Crippen LogP contribution >= 0.6 is 0 Å². The smallest absolute Gasteiger partial charge is 0.170 e. The van der Waals surface area contributed by atoms with Crippen molar-refractivity contribution in [3.63, 3.8) is 0 Å². The van der Waals surface area contributed by atoms with Gasteiger partial charge in [-0.3, -0.25) is 0 Å². The fourth-order valence-corrected chi connectivity index (χ4v) is 0.803. The summed E-state index contributed by atoms with van der Waals surface area (Å²) in [5.74, 6) is -3.35. The van der Waals surface area contributed by atoms with Crippen molar-refractivity contribution in [2.24, 2.45) is 5.92 Å². The van der Waals surface area contributed by atoms with Crippen LogP contribution in [0.4, 0.5) is 26.3 Å². The molecule has 0 N–H and O–H groups in total. The maximum atomic E-state index is 11.9. The van der Waals surface area contributed by atoms with Crippen molar-refractivity contribution in [3.8, 4) is 0 Å². The van der Waals surface area contributed by atoms with Crippen LogP contribution in [0.15, 0.2) is 12.2 Å².